The van der Waals surface area contributed by atoms with Gasteiger partial charge in [0.15, 0.2) is 0 Å². The molecule has 1 heterocycles. The molecule has 4 aromatic rings. The zero-order valence-electron chi connectivity index (χ0n) is 17.4. The summed E-state index contributed by atoms with van der Waals surface area (Å²) in [5.74, 6) is 0.672. The van der Waals surface area contributed by atoms with Gasteiger partial charge < -0.3 is 14.6 Å². The van der Waals surface area contributed by atoms with E-state index in [1.165, 1.54) is 0 Å². The minimum Gasteiger partial charge on any atom is -0.497 e. The number of hydrogen-bond acceptors (Lipinski definition) is 2. The van der Waals surface area contributed by atoms with Crippen LogP contribution in [0.15, 0.2) is 84.9 Å². The molecule has 0 fully saturated rings. The molecule has 0 bridgehead atoms. The van der Waals surface area contributed by atoms with Gasteiger partial charge in [-0.15, -0.1) is 0 Å². The van der Waals surface area contributed by atoms with E-state index in [-0.39, 0.29) is 5.91 Å². The molecule has 1 amide bonds. The van der Waals surface area contributed by atoms with Crippen molar-refractivity contribution in [2.45, 2.75) is 13.5 Å². The number of carbonyl (C=O) groups is 1. The van der Waals surface area contributed by atoms with E-state index in [9.17, 15) is 4.79 Å². The number of benzene rings is 3. The van der Waals surface area contributed by atoms with Crippen molar-refractivity contribution in [2.24, 2.45) is 0 Å². The molecule has 0 radical (unpaired) electrons. The summed E-state index contributed by atoms with van der Waals surface area (Å²) in [7, 11) is 1.64. The first-order valence-corrected chi connectivity index (χ1v) is 10.4. The van der Waals surface area contributed by atoms with Gasteiger partial charge in [-0.25, -0.2) is 0 Å². The van der Waals surface area contributed by atoms with Crippen LogP contribution in [0.2, 0.25) is 5.02 Å². The average molecular weight is 431 g/mol. The van der Waals surface area contributed by atoms with Crippen LogP contribution in [0.3, 0.4) is 0 Å². The van der Waals surface area contributed by atoms with E-state index in [1.807, 2.05) is 91.9 Å². The Hall–Kier alpha value is -3.50. The van der Waals surface area contributed by atoms with Crippen molar-refractivity contribution in [1.29, 1.82) is 0 Å². The Morgan fingerprint density at radius 3 is 2.29 bits per heavy atom. The van der Waals surface area contributed by atoms with E-state index in [4.69, 9.17) is 16.3 Å². The van der Waals surface area contributed by atoms with Gasteiger partial charge in [0.2, 0.25) is 0 Å². The lowest BCUT2D eigenvalue weighted by Gasteiger charge is -2.13. The smallest absolute Gasteiger partial charge is 0.253 e. The van der Waals surface area contributed by atoms with Crippen molar-refractivity contribution in [3.8, 4) is 22.7 Å². The second-order valence-corrected chi connectivity index (χ2v) is 7.67. The number of nitrogens with one attached hydrogen (secondary N) is 1. The first-order valence-electron chi connectivity index (χ1n) is 10.0. The van der Waals surface area contributed by atoms with Crippen LogP contribution < -0.4 is 10.1 Å². The summed E-state index contributed by atoms with van der Waals surface area (Å²) in [4.78, 5) is 13.1. The molecule has 3 aromatic carbocycles. The minimum atomic E-state index is -0.108. The summed E-state index contributed by atoms with van der Waals surface area (Å²) >= 11 is 6.09. The summed E-state index contributed by atoms with van der Waals surface area (Å²) in [6.07, 6.45) is 0. The Labute approximate surface area is 187 Å². The third kappa shape index (κ3) is 4.49. The van der Waals surface area contributed by atoms with Crippen LogP contribution in [0, 0.1) is 6.92 Å². The molecule has 0 unspecified atom stereocenters. The van der Waals surface area contributed by atoms with Gasteiger partial charge in [-0.2, -0.15) is 0 Å². The number of hydrogen-bond donors (Lipinski definition) is 1. The highest BCUT2D eigenvalue weighted by molar-refractivity contribution is 6.30. The predicted octanol–water partition coefficient (Wildman–Crippen LogP) is 6.04. The lowest BCUT2D eigenvalue weighted by atomic mass is 10.1. The van der Waals surface area contributed by atoms with Crippen LogP contribution in [0.25, 0.3) is 16.9 Å². The number of amides is 1. The Morgan fingerprint density at radius 1 is 0.968 bits per heavy atom. The van der Waals surface area contributed by atoms with Gasteiger partial charge in [0, 0.05) is 22.9 Å². The molecule has 0 aliphatic carbocycles. The molecular formula is C26H23ClN2O2. The van der Waals surface area contributed by atoms with Gasteiger partial charge in [0.25, 0.3) is 5.91 Å². The van der Waals surface area contributed by atoms with Gasteiger partial charge in [-0.1, -0.05) is 54.1 Å². The molecule has 4 nitrogen and oxygen atoms in total. The fourth-order valence-electron chi connectivity index (χ4n) is 3.61. The number of ether oxygens (including phenoxy) is 1. The summed E-state index contributed by atoms with van der Waals surface area (Å²) in [5, 5.41) is 3.70. The maximum atomic E-state index is 13.1. The van der Waals surface area contributed by atoms with Crippen molar-refractivity contribution in [3.63, 3.8) is 0 Å². The molecule has 0 spiro atoms. The molecule has 0 aliphatic rings. The first kappa shape index (κ1) is 20.8. The lowest BCUT2D eigenvalue weighted by Crippen LogP contribution is -2.23. The molecule has 4 rings (SSSR count). The molecule has 31 heavy (non-hydrogen) atoms. The van der Waals surface area contributed by atoms with E-state index in [0.717, 1.165) is 34.0 Å². The number of carbonyl (C=O) groups excluding carboxylic acids is 1. The van der Waals surface area contributed by atoms with Crippen LogP contribution in [0.4, 0.5) is 0 Å². The molecule has 0 aliphatic heterocycles. The van der Waals surface area contributed by atoms with Crippen LogP contribution in [0.5, 0.6) is 5.75 Å². The van der Waals surface area contributed by atoms with E-state index < -0.39 is 0 Å². The van der Waals surface area contributed by atoms with E-state index in [1.54, 1.807) is 7.11 Å². The fraction of sp³-hybridized carbons (Fsp3) is 0.115. The molecule has 0 saturated carbocycles. The van der Waals surface area contributed by atoms with E-state index in [0.29, 0.717) is 17.1 Å². The third-order valence-electron chi connectivity index (χ3n) is 5.26. The highest BCUT2D eigenvalue weighted by Crippen LogP contribution is 2.31. The Morgan fingerprint density at radius 2 is 1.65 bits per heavy atom. The number of halogens is 1. The zero-order valence-corrected chi connectivity index (χ0v) is 18.2. The van der Waals surface area contributed by atoms with Gasteiger partial charge >= 0.3 is 0 Å². The third-order valence-corrected chi connectivity index (χ3v) is 5.51. The van der Waals surface area contributed by atoms with Crippen LogP contribution in [-0.4, -0.2) is 17.6 Å². The summed E-state index contributed by atoms with van der Waals surface area (Å²) in [6.45, 7) is 2.43. The summed E-state index contributed by atoms with van der Waals surface area (Å²) in [6, 6.07) is 27.2. The summed E-state index contributed by atoms with van der Waals surface area (Å²) < 4.78 is 7.38. The monoisotopic (exact) mass is 430 g/mol. The molecule has 0 saturated heterocycles. The van der Waals surface area contributed by atoms with Crippen molar-refractivity contribution in [2.75, 3.05) is 7.11 Å². The quantitative estimate of drug-likeness (QED) is 0.405. The molecule has 1 aromatic heterocycles. The van der Waals surface area contributed by atoms with Gasteiger partial charge in [-0.3, -0.25) is 4.79 Å². The predicted molar refractivity (Wildman–Crippen MR) is 125 cm³/mol. The summed E-state index contributed by atoms with van der Waals surface area (Å²) in [5.41, 5.74) is 5.40. The SMILES string of the molecule is COc1ccc(-n2c(-c3ccc(Cl)cc3)cc(C(=O)NCc3ccccc3)c2C)cc1. The van der Waals surface area contributed by atoms with E-state index in [2.05, 4.69) is 9.88 Å². The molecular weight excluding hydrogens is 408 g/mol. The molecule has 0 atom stereocenters. The number of methoxy groups -OCH3 is 1. The van der Waals surface area contributed by atoms with Crippen molar-refractivity contribution < 1.29 is 9.53 Å². The van der Waals surface area contributed by atoms with Crippen LogP contribution >= 0.6 is 11.6 Å². The molecule has 5 heteroatoms. The number of nitrogens with zero attached hydrogens (tertiary/aromatic N) is 1. The second kappa shape index (κ2) is 9.11. The van der Waals surface area contributed by atoms with Crippen molar-refractivity contribution >= 4 is 17.5 Å². The lowest BCUT2D eigenvalue weighted by molar-refractivity contribution is 0.0950. The first-order chi connectivity index (χ1) is 15.1. The Bertz CT molecular complexity index is 1180. The van der Waals surface area contributed by atoms with Gasteiger partial charge in [-0.05, 0) is 60.5 Å². The minimum absolute atomic E-state index is 0.108. The number of rotatable bonds is 6. The van der Waals surface area contributed by atoms with Crippen molar-refractivity contribution in [3.05, 3.63) is 107 Å². The van der Waals surface area contributed by atoms with Gasteiger partial charge in [0.05, 0.1) is 18.4 Å². The zero-order chi connectivity index (χ0) is 21.8. The average Bonchev–Trinajstić information content (AvgIpc) is 3.16. The Kier molecular flexibility index (Phi) is 6.10. The maximum Gasteiger partial charge on any atom is 0.253 e. The topological polar surface area (TPSA) is 43.3 Å². The van der Waals surface area contributed by atoms with Crippen LogP contribution in [0.1, 0.15) is 21.6 Å². The molecule has 1 N–H and O–H groups in total. The normalized spacial score (nSPS) is 10.7. The maximum absolute atomic E-state index is 13.1. The van der Waals surface area contributed by atoms with Crippen LogP contribution in [-0.2, 0) is 6.54 Å². The highest BCUT2D eigenvalue weighted by atomic mass is 35.5. The van der Waals surface area contributed by atoms with E-state index >= 15 is 0 Å². The fourth-order valence-corrected chi connectivity index (χ4v) is 3.73. The largest absolute Gasteiger partial charge is 0.497 e. The van der Waals surface area contributed by atoms with Gasteiger partial charge in [0.1, 0.15) is 5.75 Å². The standard InChI is InChI=1S/C26H23ClN2O2/c1-18-24(26(30)28-17-19-6-4-3-5-7-19)16-25(20-8-10-21(27)11-9-20)29(18)22-12-14-23(31-2)15-13-22/h3-16H,17H2,1-2H3,(H,28,30). The highest BCUT2D eigenvalue weighted by Gasteiger charge is 2.19. The second-order valence-electron chi connectivity index (χ2n) is 7.24. The number of aromatic nitrogens is 1. The molecule has 156 valence electrons. The Balaban J connectivity index is 1.74. The van der Waals surface area contributed by atoms with Crippen molar-refractivity contribution in [1.82, 2.24) is 9.88 Å².